The third-order valence-electron chi connectivity index (χ3n) is 11.5. The Hall–Kier alpha value is -3.41. The number of aryl methyl sites for hydroxylation is 1. The molecule has 2 aliphatic heterocycles. The molecule has 0 radical (unpaired) electrons. The second kappa shape index (κ2) is 12.8. The van der Waals surface area contributed by atoms with Crippen molar-refractivity contribution in [3.8, 4) is 5.75 Å². The predicted molar refractivity (Wildman–Crippen MR) is 185 cm³/mol. The molecule has 1 aromatic heterocycles. The van der Waals surface area contributed by atoms with Crippen LogP contribution in [0.15, 0.2) is 60.9 Å². The summed E-state index contributed by atoms with van der Waals surface area (Å²) in [4.78, 5) is 15.9. The molecule has 1 saturated carbocycles. The van der Waals surface area contributed by atoms with Crippen molar-refractivity contribution in [3.63, 3.8) is 0 Å². The number of anilines is 1. The van der Waals surface area contributed by atoms with Crippen molar-refractivity contribution < 1.29 is 22.7 Å². The first kappa shape index (κ1) is 33.1. The first-order chi connectivity index (χ1) is 23.0. The van der Waals surface area contributed by atoms with E-state index in [2.05, 4.69) is 38.1 Å². The van der Waals surface area contributed by atoms with Gasteiger partial charge >= 0.3 is 0 Å². The zero-order chi connectivity index (χ0) is 33.7. The van der Waals surface area contributed by atoms with E-state index in [0.717, 1.165) is 49.4 Å². The Morgan fingerprint density at radius 2 is 2.02 bits per heavy atom. The number of amides is 1. The number of ether oxygens (including phenoxy) is 2. The fraction of sp³-hybridized carbons (Fsp3) is 0.528. The Kier molecular flexibility index (Phi) is 8.83. The van der Waals surface area contributed by atoms with Crippen molar-refractivity contribution >= 4 is 33.2 Å². The second-order valence-corrected chi connectivity index (χ2v) is 16.8. The van der Waals surface area contributed by atoms with Gasteiger partial charge in [0.15, 0.2) is 0 Å². The third kappa shape index (κ3) is 6.02. The van der Waals surface area contributed by atoms with Crippen LogP contribution in [0.5, 0.6) is 5.75 Å². The molecule has 2 aromatic carbocycles. The number of carbonyl (C=O) groups excluding carboxylic acids is 1. The van der Waals surface area contributed by atoms with Gasteiger partial charge < -0.3 is 14.4 Å². The largest absolute Gasteiger partial charge is 0.490 e. The molecule has 256 valence electrons. The average molecular weight is 694 g/mol. The highest BCUT2D eigenvalue weighted by Crippen LogP contribution is 2.49. The zero-order valence-electron chi connectivity index (χ0n) is 27.8. The standard InChI is InChI=1S/C36H44ClN5O5S/c1-24-6-4-15-36(46-3,22-42-17-16-38-40-42)31-11-8-28(31)20-41-21-35(14-5-7-26-18-29(37)10-12-30(26)35)23-47-33-13-9-27(19-32(33)41)34(43)39-48(44,45)25(24)2/h4,9-10,12-13,15-19,24-25,28,31H,5-8,11,14,20-23H2,1-3H3,(H,39,43)/b15-4+/t24-,25+,28-,31+,35-,36+/m0/s1. The monoisotopic (exact) mass is 693 g/mol. The molecule has 2 aliphatic carbocycles. The van der Waals surface area contributed by atoms with Crippen molar-refractivity contribution in [1.82, 2.24) is 19.7 Å². The Labute approximate surface area is 287 Å². The molecule has 1 amide bonds. The van der Waals surface area contributed by atoms with Crippen LogP contribution in [0, 0.1) is 17.8 Å². The maximum absolute atomic E-state index is 13.5. The topological polar surface area (TPSA) is 116 Å². The Bertz CT molecular complexity index is 1820. The van der Waals surface area contributed by atoms with E-state index in [1.54, 1.807) is 32.4 Å². The van der Waals surface area contributed by atoms with E-state index in [1.807, 2.05) is 36.0 Å². The predicted octanol–water partition coefficient (Wildman–Crippen LogP) is 5.56. The highest BCUT2D eigenvalue weighted by Gasteiger charge is 2.49. The van der Waals surface area contributed by atoms with Crippen LogP contribution >= 0.6 is 11.6 Å². The number of fused-ring (bicyclic) bond motifs is 4. The number of methoxy groups -OCH3 is 1. The highest BCUT2D eigenvalue weighted by atomic mass is 35.5. The quantitative estimate of drug-likeness (QED) is 0.355. The number of benzene rings is 2. The number of hydrogen-bond donors (Lipinski definition) is 1. The van der Waals surface area contributed by atoms with Gasteiger partial charge in [-0.3, -0.25) is 4.79 Å². The Morgan fingerprint density at radius 1 is 1.17 bits per heavy atom. The molecule has 6 atom stereocenters. The SMILES string of the molecule is CO[C@@]1(Cn2ccnn2)/C=C/C[C@H](C)[C@@H](C)S(=O)(=O)NC(=O)c2ccc3c(c2)N(C[C@@H]2CC[C@H]21)C[C@@]1(CCCc2cc(Cl)ccc21)CO3. The summed E-state index contributed by atoms with van der Waals surface area (Å²) in [6.45, 7) is 5.94. The third-order valence-corrected chi connectivity index (χ3v) is 13.6. The van der Waals surface area contributed by atoms with Crippen LogP contribution in [0.3, 0.4) is 0 Å². The molecule has 0 unspecified atom stereocenters. The fourth-order valence-electron chi connectivity index (χ4n) is 8.38. The summed E-state index contributed by atoms with van der Waals surface area (Å²) in [6, 6.07) is 11.5. The van der Waals surface area contributed by atoms with Gasteiger partial charge in [-0.15, -0.1) is 5.10 Å². The van der Waals surface area contributed by atoms with Gasteiger partial charge in [-0.2, -0.15) is 0 Å². The van der Waals surface area contributed by atoms with Gasteiger partial charge in [-0.05, 0) is 105 Å². The number of nitrogens with zero attached hydrogens (tertiary/aromatic N) is 4. The lowest BCUT2D eigenvalue weighted by molar-refractivity contribution is -0.0869. The van der Waals surface area contributed by atoms with E-state index < -0.39 is 26.8 Å². The number of allylic oxidation sites excluding steroid dienone is 1. The molecule has 3 heterocycles. The van der Waals surface area contributed by atoms with Crippen molar-refractivity contribution in [3.05, 3.63) is 82.7 Å². The summed E-state index contributed by atoms with van der Waals surface area (Å²) in [7, 11) is -2.21. The molecule has 3 aromatic rings. The first-order valence-corrected chi connectivity index (χ1v) is 18.9. The van der Waals surface area contributed by atoms with Crippen molar-refractivity contribution in [2.75, 3.05) is 31.7 Å². The van der Waals surface area contributed by atoms with E-state index in [9.17, 15) is 13.2 Å². The van der Waals surface area contributed by atoms with E-state index in [0.29, 0.717) is 31.9 Å². The van der Waals surface area contributed by atoms with Gasteiger partial charge in [0.05, 0.1) is 30.3 Å². The summed E-state index contributed by atoms with van der Waals surface area (Å²) in [6.07, 6.45) is 13.1. The van der Waals surface area contributed by atoms with E-state index in [-0.39, 0.29) is 28.7 Å². The number of sulfonamides is 1. The molecule has 1 N–H and O–H groups in total. The number of carbonyl (C=O) groups is 1. The second-order valence-electron chi connectivity index (χ2n) is 14.3. The number of hydrogen-bond acceptors (Lipinski definition) is 8. The van der Waals surface area contributed by atoms with Crippen LogP contribution in [0.2, 0.25) is 5.02 Å². The van der Waals surface area contributed by atoms with Crippen LogP contribution in [0.1, 0.15) is 67.4 Å². The summed E-state index contributed by atoms with van der Waals surface area (Å²) >= 11 is 6.46. The fourth-order valence-corrected chi connectivity index (χ4v) is 9.86. The van der Waals surface area contributed by atoms with Gasteiger partial charge in [0.1, 0.15) is 11.4 Å². The molecule has 7 rings (SSSR count). The van der Waals surface area contributed by atoms with Crippen LogP contribution in [0.4, 0.5) is 5.69 Å². The molecule has 0 saturated heterocycles. The molecule has 4 aliphatic rings. The van der Waals surface area contributed by atoms with Crippen molar-refractivity contribution in [2.45, 2.75) is 75.2 Å². The number of halogens is 1. The summed E-state index contributed by atoms with van der Waals surface area (Å²) in [5.41, 5.74) is 2.63. The summed E-state index contributed by atoms with van der Waals surface area (Å²) in [5, 5.41) is 8.26. The normalized spacial score (nSPS) is 32.2. The van der Waals surface area contributed by atoms with Crippen LogP contribution in [-0.4, -0.2) is 67.0 Å². The summed E-state index contributed by atoms with van der Waals surface area (Å²) < 4.78 is 44.2. The van der Waals surface area contributed by atoms with E-state index >= 15 is 0 Å². The number of nitrogens with one attached hydrogen (secondary N) is 1. The molecule has 1 fully saturated rings. The van der Waals surface area contributed by atoms with Gasteiger partial charge in [0, 0.05) is 42.4 Å². The minimum atomic E-state index is -3.96. The zero-order valence-corrected chi connectivity index (χ0v) is 29.3. The highest BCUT2D eigenvalue weighted by molar-refractivity contribution is 7.90. The molecular formula is C36H44ClN5O5S. The van der Waals surface area contributed by atoms with Gasteiger partial charge in [-0.25, -0.2) is 17.8 Å². The molecule has 48 heavy (non-hydrogen) atoms. The van der Waals surface area contributed by atoms with Crippen LogP contribution in [0.25, 0.3) is 0 Å². The van der Waals surface area contributed by atoms with Crippen LogP contribution < -0.4 is 14.4 Å². The Morgan fingerprint density at radius 3 is 2.77 bits per heavy atom. The molecule has 1 spiro atoms. The lowest BCUT2D eigenvalue weighted by atomic mass is 9.63. The van der Waals surface area contributed by atoms with Crippen molar-refractivity contribution in [1.29, 1.82) is 0 Å². The number of aromatic nitrogens is 3. The average Bonchev–Trinajstić information content (AvgIpc) is 3.51. The van der Waals surface area contributed by atoms with E-state index in [4.69, 9.17) is 21.1 Å². The number of rotatable bonds is 3. The van der Waals surface area contributed by atoms with Gasteiger partial charge in [0.2, 0.25) is 10.0 Å². The molecule has 12 heteroatoms. The minimum Gasteiger partial charge on any atom is -0.490 e. The molecular weight excluding hydrogens is 650 g/mol. The Balaban J connectivity index is 1.34. The lowest BCUT2D eigenvalue weighted by Gasteiger charge is -2.50. The van der Waals surface area contributed by atoms with Crippen LogP contribution in [-0.2, 0) is 33.1 Å². The van der Waals surface area contributed by atoms with Gasteiger partial charge in [0.25, 0.3) is 5.91 Å². The maximum atomic E-state index is 13.5. The van der Waals surface area contributed by atoms with Crippen molar-refractivity contribution in [2.24, 2.45) is 17.8 Å². The lowest BCUT2D eigenvalue weighted by Crippen LogP contribution is -2.54. The maximum Gasteiger partial charge on any atom is 0.264 e. The van der Waals surface area contributed by atoms with Gasteiger partial charge in [-0.1, -0.05) is 42.0 Å². The molecule has 2 bridgehead atoms. The van der Waals surface area contributed by atoms with E-state index in [1.165, 1.54) is 11.1 Å². The summed E-state index contributed by atoms with van der Waals surface area (Å²) in [5.74, 6) is 0.241. The molecule has 10 nitrogen and oxygen atoms in total. The first-order valence-electron chi connectivity index (χ1n) is 17.0. The minimum absolute atomic E-state index is 0.166. The smallest absolute Gasteiger partial charge is 0.264 e.